The summed E-state index contributed by atoms with van der Waals surface area (Å²) in [6, 6.07) is 0. The van der Waals surface area contributed by atoms with E-state index in [0.29, 0.717) is 12.8 Å². The number of ether oxygens (including phenoxy) is 5. The van der Waals surface area contributed by atoms with Gasteiger partial charge in [0.1, 0.15) is 23.2 Å². The molecule has 5 N–H and O–H groups in total. The highest BCUT2D eigenvalue weighted by Crippen LogP contribution is 2.56. The molecule has 0 amide bonds. The summed E-state index contributed by atoms with van der Waals surface area (Å²) in [6.45, 7) is 4.74. The van der Waals surface area contributed by atoms with Gasteiger partial charge in [-0.3, -0.25) is 14.4 Å². The monoisotopic (exact) mass is 590 g/mol. The van der Waals surface area contributed by atoms with Gasteiger partial charge in [0.15, 0.2) is 17.9 Å². The molecule has 42 heavy (non-hydrogen) atoms. The molecule has 228 valence electrons. The second kappa shape index (κ2) is 10.1. The predicted octanol–water partition coefficient (Wildman–Crippen LogP) is 1.02. The van der Waals surface area contributed by atoms with E-state index in [1.807, 2.05) is 0 Å². The number of Topliss-reactive ketones (excluding diaryl/α,β-unsaturated/α-hetero) is 2. The van der Waals surface area contributed by atoms with E-state index in [1.54, 1.807) is 13.8 Å². The standard InChI is InChI=1S/C29H34O13/c1-9-12(30)5-6-17(40-9)42-15-7-13-19-23(29(15,37)11(3)41-13)28(36)22-21(26(19)34)27(35)20-18(25(22)33)10(2)39-14(24(20)32)8-16(31)38-4/h9-15,17,24,30,32-33,35,37H,5-8H2,1-4H3. The molecule has 2 fully saturated rings. The topological polar surface area (TPSA) is 199 Å². The number of benzene rings is 1. The zero-order valence-corrected chi connectivity index (χ0v) is 23.5. The summed E-state index contributed by atoms with van der Waals surface area (Å²) in [5, 5.41) is 56.0. The van der Waals surface area contributed by atoms with Crippen LogP contribution in [0.2, 0.25) is 0 Å². The van der Waals surface area contributed by atoms with Crippen LogP contribution in [0.25, 0.3) is 0 Å². The van der Waals surface area contributed by atoms with Crippen LogP contribution in [0.5, 0.6) is 11.5 Å². The highest BCUT2D eigenvalue weighted by Gasteiger charge is 2.64. The summed E-state index contributed by atoms with van der Waals surface area (Å²) in [5.41, 5.74) is -3.94. The number of aliphatic hydroxyl groups is 3. The van der Waals surface area contributed by atoms with Crippen molar-refractivity contribution in [3.63, 3.8) is 0 Å². The van der Waals surface area contributed by atoms with E-state index in [0.717, 1.165) is 0 Å². The van der Waals surface area contributed by atoms with Crippen molar-refractivity contribution in [1.82, 2.24) is 0 Å². The van der Waals surface area contributed by atoms with Crippen LogP contribution in [0.3, 0.4) is 0 Å². The van der Waals surface area contributed by atoms with Gasteiger partial charge >= 0.3 is 5.97 Å². The molecule has 0 aromatic heterocycles. The van der Waals surface area contributed by atoms with E-state index in [4.69, 9.17) is 18.9 Å². The van der Waals surface area contributed by atoms with Gasteiger partial charge in [-0.15, -0.1) is 0 Å². The average Bonchev–Trinajstić information content (AvgIpc) is 2.93. The number of esters is 1. The molecule has 1 aromatic carbocycles. The molecular formula is C29H34O13. The number of aliphatic hydroxyl groups excluding tert-OH is 2. The Morgan fingerprint density at radius 3 is 2.31 bits per heavy atom. The lowest BCUT2D eigenvalue weighted by Crippen LogP contribution is -2.67. The van der Waals surface area contributed by atoms with E-state index in [9.17, 15) is 39.9 Å². The lowest BCUT2D eigenvalue weighted by atomic mass is 9.63. The Labute approximate surface area is 240 Å². The first-order valence-corrected chi connectivity index (χ1v) is 14.0. The zero-order valence-electron chi connectivity index (χ0n) is 23.5. The minimum absolute atomic E-state index is 0.00277. The molecule has 1 aromatic rings. The molecule has 13 nitrogen and oxygen atoms in total. The van der Waals surface area contributed by atoms with Gasteiger partial charge in [0.05, 0.1) is 67.4 Å². The average molecular weight is 591 g/mol. The molecule has 6 aliphatic rings. The molecule has 10 atom stereocenters. The van der Waals surface area contributed by atoms with Crippen molar-refractivity contribution in [2.24, 2.45) is 0 Å². The number of hydrogen-bond acceptors (Lipinski definition) is 13. The van der Waals surface area contributed by atoms with Crippen molar-refractivity contribution in [2.45, 2.75) is 107 Å². The maximum Gasteiger partial charge on any atom is 0.308 e. The minimum Gasteiger partial charge on any atom is -0.507 e. The Hall–Kier alpha value is -2.91. The van der Waals surface area contributed by atoms with Crippen LogP contribution in [0.1, 0.15) is 90.5 Å². The third-order valence-electron chi connectivity index (χ3n) is 9.30. The van der Waals surface area contributed by atoms with Gasteiger partial charge in [0.2, 0.25) is 0 Å². The first-order chi connectivity index (χ1) is 19.8. The highest BCUT2D eigenvalue weighted by atomic mass is 16.7. The van der Waals surface area contributed by atoms with Crippen molar-refractivity contribution in [3.05, 3.63) is 33.4 Å². The van der Waals surface area contributed by atoms with Gasteiger partial charge in [0, 0.05) is 35.1 Å². The molecule has 2 bridgehead atoms. The van der Waals surface area contributed by atoms with Crippen LogP contribution in [0.15, 0.2) is 11.1 Å². The highest BCUT2D eigenvalue weighted by molar-refractivity contribution is 6.30. The Morgan fingerprint density at radius 1 is 0.976 bits per heavy atom. The normalized spacial score (nSPS) is 39.1. The number of fused-ring (bicyclic) bond motifs is 4. The Bertz CT molecular complexity index is 1400. The van der Waals surface area contributed by atoms with Crippen LogP contribution in [-0.2, 0) is 28.5 Å². The molecule has 0 spiro atoms. The minimum atomic E-state index is -2.11. The van der Waals surface area contributed by atoms with Crippen molar-refractivity contribution >= 4 is 17.5 Å². The predicted molar refractivity (Wildman–Crippen MR) is 139 cm³/mol. The molecule has 2 saturated heterocycles. The second-order valence-electron chi connectivity index (χ2n) is 11.6. The summed E-state index contributed by atoms with van der Waals surface area (Å²) in [5.74, 6) is -3.82. The maximum absolute atomic E-state index is 14.2. The lowest BCUT2D eigenvalue weighted by Gasteiger charge is -2.54. The summed E-state index contributed by atoms with van der Waals surface area (Å²) < 4.78 is 28.2. The summed E-state index contributed by atoms with van der Waals surface area (Å²) in [6.07, 6.45) is -8.36. The Balaban J connectivity index is 1.43. The largest absolute Gasteiger partial charge is 0.507 e. The van der Waals surface area contributed by atoms with Gasteiger partial charge in [-0.1, -0.05) is 0 Å². The van der Waals surface area contributed by atoms with E-state index < -0.39 is 101 Å². The number of hydrogen-bond donors (Lipinski definition) is 5. The summed E-state index contributed by atoms with van der Waals surface area (Å²) >= 11 is 0. The molecule has 2 aliphatic carbocycles. The molecule has 10 unspecified atom stereocenters. The number of carbonyl (C=O) groups excluding carboxylic acids is 3. The molecule has 4 aliphatic heterocycles. The summed E-state index contributed by atoms with van der Waals surface area (Å²) in [4.78, 5) is 40.1. The quantitative estimate of drug-likeness (QED) is 0.246. The van der Waals surface area contributed by atoms with E-state index in [-0.39, 0.29) is 35.1 Å². The van der Waals surface area contributed by atoms with Crippen molar-refractivity contribution in [3.8, 4) is 11.5 Å². The number of carbonyl (C=O) groups is 3. The fourth-order valence-electron chi connectivity index (χ4n) is 7.09. The second-order valence-corrected chi connectivity index (χ2v) is 11.6. The smallest absolute Gasteiger partial charge is 0.308 e. The molecular weight excluding hydrogens is 556 g/mol. The Morgan fingerprint density at radius 2 is 1.64 bits per heavy atom. The fourth-order valence-corrected chi connectivity index (χ4v) is 7.09. The van der Waals surface area contributed by atoms with E-state index in [2.05, 4.69) is 4.74 Å². The number of rotatable bonds is 4. The van der Waals surface area contributed by atoms with Crippen molar-refractivity contribution in [2.75, 3.05) is 7.11 Å². The van der Waals surface area contributed by atoms with E-state index >= 15 is 0 Å². The number of phenolic OH excluding ortho intramolecular Hbond substituents is 2. The molecule has 7 rings (SSSR count). The maximum atomic E-state index is 14.2. The van der Waals surface area contributed by atoms with Gasteiger partial charge in [-0.25, -0.2) is 0 Å². The number of aromatic hydroxyl groups is 2. The molecule has 0 saturated carbocycles. The number of methoxy groups -OCH3 is 1. The van der Waals surface area contributed by atoms with Gasteiger partial charge in [-0.05, 0) is 27.2 Å². The fraction of sp³-hybridized carbons (Fsp3) is 0.621. The van der Waals surface area contributed by atoms with Crippen LogP contribution in [0.4, 0.5) is 0 Å². The number of phenols is 2. The third kappa shape index (κ3) is 3.99. The van der Waals surface area contributed by atoms with Gasteiger partial charge < -0.3 is 49.2 Å². The summed E-state index contributed by atoms with van der Waals surface area (Å²) in [7, 11) is 1.17. The first-order valence-electron chi connectivity index (χ1n) is 14.0. The van der Waals surface area contributed by atoms with Crippen LogP contribution >= 0.6 is 0 Å². The molecule has 13 heteroatoms. The van der Waals surface area contributed by atoms with Crippen molar-refractivity contribution in [1.29, 1.82) is 0 Å². The van der Waals surface area contributed by atoms with Crippen LogP contribution < -0.4 is 0 Å². The van der Waals surface area contributed by atoms with Gasteiger partial charge in [-0.2, -0.15) is 0 Å². The zero-order chi connectivity index (χ0) is 30.4. The lowest BCUT2D eigenvalue weighted by molar-refractivity contribution is -0.291. The van der Waals surface area contributed by atoms with Crippen LogP contribution in [-0.4, -0.2) is 98.7 Å². The third-order valence-corrected chi connectivity index (χ3v) is 9.30. The first kappa shape index (κ1) is 29.2. The van der Waals surface area contributed by atoms with Crippen LogP contribution in [0, 0.1) is 0 Å². The molecule has 0 radical (unpaired) electrons. The molecule has 4 heterocycles. The SMILES string of the molecule is COC(=O)CC1OC(C)c2c(O)c3c(c(O)c2C1O)C(=O)C1=C(C3=O)C2(O)C(C)OC1CC2OC1CCC(O)C(C)O1. The van der Waals surface area contributed by atoms with E-state index in [1.165, 1.54) is 14.0 Å². The Kier molecular flexibility index (Phi) is 7.00. The van der Waals surface area contributed by atoms with Gasteiger partial charge in [0.25, 0.3) is 0 Å². The van der Waals surface area contributed by atoms with Crippen molar-refractivity contribution < 1.29 is 63.6 Å². The number of ketones is 2.